The van der Waals surface area contributed by atoms with Gasteiger partial charge in [-0.3, -0.25) is 0 Å². The molecule has 1 N–H and O–H groups in total. The molecule has 0 fully saturated rings. The lowest BCUT2D eigenvalue weighted by molar-refractivity contribution is 0.378. The first kappa shape index (κ1) is 13.9. The molecule has 8 heteroatoms. The summed E-state index contributed by atoms with van der Waals surface area (Å²) < 4.78 is 10.2. The molecular weight excluding hydrogens is 260 g/mol. The Morgan fingerprint density at radius 2 is 1.85 bits per heavy atom. The molecule has 8 nitrogen and oxygen atoms in total. The van der Waals surface area contributed by atoms with Crippen LogP contribution in [0.25, 0.3) is 11.5 Å². The van der Waals surface area contributed by atoms with E-state index in [-0.39, 0.29) is 6.01 Å². The number of ether oxygens (including phenoxy) is 2. The van der Waals surface area contributed by atoms with Gasteiger partial charge in [-0.1, -0.05) is 6.92 Å². The molecule has 0 saturated carbocycles. The summed E-state index contributed by atoms with van der Waals surface area (Å²) in [5, 5.41) is 3.09. The van der Waals surface area contributed by atoms with Crippen molar-refractivity contribution < 1.29 is 9.47 Å². The summed E-state index contributed by atoms with van der Waals surface area (Å²) in [4.78, 5) is 20.9. The first-order valence-corrected chi connectivity index (χ1v) is 6.17. The van der Waals surface area contributed by atoms with E-state index in [1.54, 1.807) is 6.20 Å². The smallest absolute Gasteiger partial charge is 0.321 e. The van der Waals surface area contributed by atoms with Gasteiger partial charge in [0.2, 0.25) is 11.8 Å². The van der Waals surface area contributed by atoms with E-state index >= 15 is 0 Å². The summed E-state index contributed by atoms with van der Waals surface area (Å²) >= 11 is 0. The van der Waals surface area contributed by atoms with Crippen molar-refractivity contribution in [3.63, 3.8) is 0 Å². The normalized spacial score (nSPS) is 10.2. The van der Waals surface area contributed by atoms with Gasteiger partial charge in [-0.2, -0.15) is 15.0 Å². The third kappa shape index (κ3) is 3.08. The summed E-state index contributed by atoms with van der Waals surface area (Å²) in [7, 11) is 3.01. The quantitative estimate of drug-likeness (QED) is 0.840. The van der Waals surface area contributed by atoms with Crippen LogP contribution in [0.1, 0.15) is 13.3 Å². The summed E-state index contributed by atoms with van der Waals surface area (Å²) in [5.74, 6) is 1.13. The molecule has 0 amide bonds. The first-order valence-electron chi connectivity index (χ1n) is 6.17. The molecule has 0 spiro atoms. The van der Waals surface area contributed by atoms with Gasteiger partial charge in [0.15, 0.2) is 11.5 Å². The van der Waals surface area contributed by atoms with E-state index in [2.05, 4.69) is 37.2 Å². The van der Waals surface area contributed by atoms with E-state index < -0.39 is 0 Å². The van der Waals surface area contributed by atoms with E-state index in [0.717, 1.165) is 13.0 Å². The van der Waals surface area contributed by atoms with Gasteiger partial charge in [0, 0.05) is 18.9 Å². The standard InChI is InChI=1S/C12H16N6O2/c1-4-5-15-11-16-9(17-12(18-11)20-3)8-10(19-2)14-7-6-13-8/h6-7H,4-5H2,1-3H3,(H,15,16,17,18). The number of hydrogen-bond acceptors (Lipinski definition) is 8. The Balaban J connectivity index is 2.44. The molecule has 0 aliphatic rings. The fourth-order valence-electron chi connectivity index (χ4n) is 1.50. The Morgan fingerprint density at radius 3 is 2.55 bits per heavy atom. The molecule has 106 valence electrons. The Bertz CT molecular complexity index is 578. The second kappa shape index (κ2) is 6.60. The van der Waals surface area contributed by atoms with Gasteiger partial charge in [-0.25, -0.2) is 9.97 Å². The van der Waals surface area contributed by atoms with Crippen LogP contribution in [0.3, 0.4) is 0 Å². The van der Waals surface area contributed by atoms with E-state index in [1.165, 1.54) is 20.4 Å². The molecule has 0 aliphatic heterocycles. The Kier molecular flexibility index (Phi) is 4.59. The van der Waals surface area contributed by atoms with Crippen LogP contribution in [0, 0.1) is 0 Å². The van der Waals surface area contributed by atoms with Crippen LogP contribution in [0.4, 0.5) is 5.95 Å². The monoisotopic (exact) mass is 276 g/mol. The van der Waals surface area contributed by atoms with Crippen molar-refractivity contribution in [2.24, 2.45) is 0 Å². The topological polar surface area (TPSA) is 94.9 Å². The van der Waals surface area contributed by atoms with Crippen LogP contribution in [-0.4, -0.2) is 45.7 Å². The number of nitrogens with zero attached hydrogens (tertiary/aromatic N) is 5. The SMILES string of the molecule is CCCNc1nc(OC)nc(-c2nccnc2OC)n1. The zero-order valence-electron chi connectivity index (χ0n) is 11.6. The zero-order valence-corrected chi connectivity index (χ0v) is 11.6. The molecule has 20 heavy (non-hydrogen) atoms. The number of anilines is 1. The summed E-state index contributed by atoms with van der Waals surface area (Å²) in [6.45, 7) is 2.81. The van der Waals surface area contributed by atoms with Gasteiger partial charge in [0.1, 0.15) is 0 Å². The highest BCUT2D eigenvalue weighted by atomic mass is 16.5. The average Bonchev–Trinajstić information content (AvgIpc) is 2.52. The van der Waals surface area contributed by atoms with Gasteiger partial charge in [-0.15, -0.1) is 0 Å². The predicted octanol–water partition coefficient (Wildman–Crippen LogP) is 1.17. The minimum Gasteiger partial charge on any atom is -0.479 e. The van der Waals surface area contributed by atoms with Crippen LogP contribution < -0.4 is 14.8 Å². The lowest BCUT2D eigenvalue weighted by Gasteiger charge is -2.08. The van der Waals surface area contributed by atoms with Gasteiger partial charge in [-0.05, 0) is 6.42 Å². The minimum absolute atomic E-state index is 0.210. The maximum atomic E-state index is 5.16. The second-order valence-electron chi connectivity index (χ2n) is 3.81. The van der Waals surface area contributed by atoms with Gasteiger partial charge < -0.3 is 14.8 Å². The third-order valence-corrected chi connectivity index (χ3v) is 2.40. The van der Waals surface area contributed by atoms with E-state index in [4.69, 9.17) is 9.47 Å². The lowest BCUT2D eigenvalue weighted by Crippen LogP contribution is -2.08. The van der Waals surface area contributed by atoms with Gasteiger partial charge in [0.05, 0.1) is 14.2 Å². The fourth-order valence-corrected chi connectivity index (χ4v) is 1.50. The summed E-state index contributed by atoms with van der Waals surface area (Å²) in [6, 6.07) is 0.210. The van der Waals surface area contributed by atoms with E-state index in [0.29, 0.717) is 23.3 Å². The maximum absolute atomic E-state index is 5.16. The second-order valence-corrected chi connectivity index (χ2v) is 3.81. The van der Waals surface area contributed by atoms with Crippen molar-refractivity contribution in [2.45, 2.75) is 13.3 Å². The summed E-state index contributed by atoms with van der Waals surface area (Å²) in [6.07, 6.45) is 4.04. The predicted molar refractivity (Wildman–Crippen MR) is 72.7 cm³/mol. The Labute approximate surface area is 116 Å². The number of hydrogen-bond donors (Lipinski definition) is 1. The van der Waals surface area contributed by atoms with E-state index in [9.17, 15) is 0 Å². The van der Waals surface area contributed by atoms with Crippen molar-refractivity contribution in [1.82, 2.24) is 24.9 Å². The molecule has 0 aromatic carbocycles. The maximum Gasteiger partial charge on any atom is 0.321 e. The van der Waals surface area contributed by atoms with Gasteiger partial charge >= 0.3 is 6.01 Å². The van der Waals surface area contributed by atoms with Crippen LogP contribution in [0.5, 0.6) is 11.9 Å². The molecular formula is C12H16N6O2. The number of methoxy groups -OCH3 is 2. The molecule has 0 radical (unpaired) electrons. The molecule has 0 atom stereocenters. The van der Waals surface area contributed by atoms with Crippen molar-refractivity contribution in [3.05, 3.63) is 12.4 Å². The number of nitrogens with one attached hydrogen (secondary N) is 1. The molecule has 2 rings (SSSR count). The van der Waals surface area contributed by atoms with Gasteiger partial charge in [0.25, 0.3) is 0 Å². The molecule has 0 aliphatic carbocycles. The molecule has 2 aromatic rings. The van der Waals surface area contributed by atoms with Crippen molar-refractivity contribution in [2.75, 3.05) is 26.1 Å². The lowest BCUT2D eigenvalue weighted by atomic mass is 10.4. The van der Waals surface area contributed by atoms with Crippen LogP contribution in [-0.2, 0) is 0 Å². The third-order valence-electron chi connectivity index (χ3n) is 2.40. The van der Waals surface area contributed by atoms with Crippen molar-refractivity contribution >= 4 is 5.95 Å². The van der Waals surface area contributed by atoms with Crippen molar-refractivity contribution in [3.8, 4) is 23.4 Å². The first-order chi connectivity index (χ1) is 9.78. The molecule has 2 aromatic heterocycles. The average molecular weight is 276 g/mol. The Hall–Kier alpha value is -2.51. The highest BCUT2D eigenvalue weighted by Gasteiger charge is 2.15. The van der Waals surface area contributed by atoms with Crippen LogP contribution in [0.2, 0.25) is 0 Å². The van der Waals surface area contributed by atoms with Crippen molar-refractivity contribution in [1.29, 1.82) is 0 Å². The highest BCUT2D eigenvalue weighted by Crippen LogP contribution is 2.23. The van der Waals surface area contributed by atoms with Crippen LogP contribution >= 0.6 is 0 Å². The molecule has 0 saturated heterocycles. The number of rotatable bonds is 6. The van der Waals surface area contributed by atoms with E-state index in [1.807, 2.05) is 0 Å². The van der Waals surface area contributed by atoms with Crippen LogP contribution in [0.15, 0.2) is 12.4 Å². The molecule has 0 bridgehead atoms. The molecule has 0 unspecified atom stereocenters. The number of aromatic nitrogens is 5. The largest absolute Gasteiger partial charge is 0.479 e. The highest BCUT2D eigenvalue weighted by molar-refractivity contribution is 5.57. The summed E-state index contributed by atoms with van der Waals surface area (Å²) in [5.41, 5.74) is 0.440. The Morgan fingerprint density at radius 1 is 1.05 bits per heavy atom. The fraction of sp³-hybridized carbons (Fsp3) is 0.417. The zero-order chi connectivity index (χ0) is 14.4. The molecule has 2 heterocycles. The minimum atomic E-state index is 0.210.